The minimum Gasteiger partial charge on any atom is -0.264 e. The van der Waals surface area contributed by atoms with Crippen molar-refractivity contribution in [3.63, 3.8) is 0 Å². The molecule has 1 N–H and O–H groups in total. The Morgan fingerprint density at radius 1 is 0.944 bits per heavy atom. The van der Waals surface area contributed by atoms with Gasteiger partial charge in [-0.2, -0.15) is 8.42 Å². The van der Waals surface area contributed by atoms with Crippen LogP contribution in [0.1, 0.15) is 71.6 Å². The minimum absolute atomic E-state index is 0.118. The van der Waals surface area contributed by atoms with E-state index < -0.39 is 10.4 Å². The monoisotopic (exact) mass is 280 g/mol. The molecule has 0 aromatic heterocycles. The summed E-state index contributed by atoms with van der Waals surface area (Å²) in [6.07, 6.45) is 10.2. The van der Waals surface area contributed by atoms with E-state index in [0.29, 0.717) is 0 Å². The van der Waals surface area contributed by atoms with Gasteiger partial charge in [-0.3, -0.25) is 4.55 Å². The fourth-order valence-electron chi connectivity index (χ4n) is 2.02. The molecule has 110 valence electrons. The average molecular weight is 280 g/mol. The van der Waals surface area contributed by atoms with E-state index >= 15 is 0 Å². The molecule has 4 nitrogen and oxygen atoms in total. The molecule has 0 saturated carbocycles. The van der Waals surface area contributed by atoms with Crippen LogP contribution in [0.5, 0.6) is 0 Å². The Balaban J connectivity index is 3.83. The zero-order valence-electron chi connectivity index (χ0n) is 11.7. The zero-order valence-corrected chi connectivity index (χ0v) is 12.5. The highest BCUT2D eigenvalue weighted by Crippen LogP contribution is 2.18. The first kappa shape index (κ1) is 17.9. The third-order valence-corrected chi connectivity index (χ3v) is 3.57. The van der Waals surface area contributed by atoms with Crippen LogP contribution in [0.15, 0.2) is 0 Å². The van der Waals surface area contributed by atoms with E-state index in [1.54, 1.807) is 0 Å². The highest BCUT2D eigenvalue weighted by Gasteiger charge is 2.13. The molecular weight excluding hydrogens is 252 g/mol. The molecule has 0 radical (unpaired) electrons. The lowest BCUT2D eigenvalue weighted by molar-refractivity contribution is 0.205. The Kier molecular flexibility index (Phi) is 10.7. The molecule has 1 atom stereocenters. The van der Waals surface area contributed by atoms with Gasteiger partial charge in [-0.1, -0.05) is 58.8 Å². The topological polar surface area (TPSA) is 63.6 Å². The van der Waals surface area contributed by atoms with Gasteiger partial charge in [0.05, 0.1) is 6.61 Å². The van der Waals surface area contributed by atoms with Crippen molar-refractivity contribution in [3.05, 3.63) is 0 Å². The van der Waals surface area contributed by atoms with Gasteiger partial charge in [-0.15, -0.1) is 0 Å². The summed E-state index contributed by atoms with van der Waals surface area (Å²) in [7, 11) is -4.28. The lowest BCUT2D eigenvalue weighted by Crippen LogP contribution is -2.14. The summed E-state index contributed by atoms with van der Waals surface area (Å²) in [4.78, 5) is 0. The summed E-state index contributed by atoms with van der Waals surface area (Å²) in [6.45, 7) is 4.42. The van der Waals surface area contributed by atoms with Gasteiger partial charge in [0.25, 0.3) is 0 Å². The molecular formula is C13H28O4S. The van der Waals surface area contributed by atoms with Crippen LogP contribution in [-0.2, 0) is 14.6 Å². The molecule has 0 heterocycles. The summed E-state index contributed by atoms with van der Waals surface area (Å²) in [5.74, 6) is 0.244. The second kappa shape index (κ2) is 10.8. The molecule has 0 fully saturated rings. The molecule has 0 aliphatic rings. The number of rotatable bonds is 12. The fraction of sp³-hybridized carbons (Fsp3) is 1.00. The third kappa shape index (κ3) is 12.3. The first-order valence-corrected chi connectivity index (χ1v) is 8.48. The lowest BCUT2D eigenvalue weighted by atomic mass is 9.96. The third-order valence-electron chi connectivity index (χ3n) is 3.13. The van der Waals surface area contributed by atoms with Gasteiger partial charge in [0.1, 0.15) is 0 Å². The van der Waals surface area contributed by atoms with Crippen LogP contribution >= 0.6 is 0 Å². The van der Waals surface area contributed by atoms with E-state index in [1.165, 1.54) is 25.7 Å². The van der Waals surface area contributed by atoms with E-state index in [1.807, 2.05) is 0 Å². The van der Waals surface area contributed by atoms with Crippen LogP contribution in [0.2, 0.25) is 0 Å². The smallest absolute Gasteiger partial charge is 0.264 e. The first-order valence-electron chi connectivity index (χ1n) is 7.11. The standard InChI is InChI=1S/C13H28O4S/c1-3-5-7-8-9-11-13(10-6-4-2)12-17-18(14,15)16/h13H,3-12H2,1-2H3,(H,14,15,16). The van der Waals surface area contributed by atoms with E-state index in [2.05, 4.69) is 18.0 Å². The Morgan fingerprint density at radius 3 is 2.06 bits per heavy atom. The van der Waals surface area contributed by atoms with Crippen molar-refractivity contribution in [1.82, 2.24) is 0 Å². The van der Waals surface area contributed by atoms with Crippen molar-refractivity contribution >= 4 is 10.4 Å². The van der Waals surface area contributed by atoms with Crippen molar-refractivity contribution in [2.24, 2.45) is 5.92 Å². The molecule has 0 spiro atoms. The van der Waals surface area contributed by atoms with Gasteiger partial charge in [-0.05, 0) is 18.8 Å². The molecule has 1 unspecified atom stereocenters. The molecule has 0 bridgehead atoms. The second-order valence-electron chi connectivity index (χ2n) is 4.92. The van der Waals surface area contributed by atoms with E-state index in [9.17, 15) is 8.42 Å². The summed E-state index contributed by atoms with van der Waals surface area (Å²) < 4.78 is 34.2. The quantitative estimate of drug-likeness (QED) is 0.434. The van der Waals surface area contributed by atoms with Crippen molar-refractivity contribution in [2.75, 3.05) is 6.61 Å². The van der Waals surface area contributed by atoms with Gasteiger partial charge in [0.2, 0.25) is 0 Å². The zero-order chi connectivity index (χ0) is 13.9. The lowest BCUT2D eigenvalue weighted by Gasteiger charge is -2.15. The van der Waals surface area contributed by atoms with Gasteiger partial charge in [-0.25, -0.2) is 4.18 Å². The summed E-state index contributed by atoms with van der Waals surface area (Å²) in [5.41, 5.74) is 0. The summed E-state index contributed by atoms with van der Waals surface area (Å²) >= 11 is 0. The maximum Gasteiger partial charge on any atom is 0.397 e. The second-order valence-corrected chi connectivity index (χ2v) is 6.01. The Bertz CT molecular complexity index is 275. The molecule has 0 rings (SSSR count). The number of hydrogen-bond donors (Lipinski definition) is 1. The van der Waals surface area contributed by atoms with E-state index in [4.69, 9.17) is 4.55 Å². The van der Waals surface area contributed by atoms with Gasteiger partial charge in [0.15, 0.2) is 0 Å². The number of hydrogen-bond acceptors (Lipinski definition) is 3. The van der Waals surface area contributed by atoms with E-state index in [0.717, 1.165) is 32.1 Å². The molecule has 0 amide bonds. The van der Waals surface area contributed by atoms with Gasteiger partial charge >= 0.3 is 10.4 Å². The molecule has 0 aromatic rings. The van der Waals surface area contributed by atoms with Crippen molar-refractivity contribution in [2.45, 2.75) is 71.6 Å². The van der Waals surface area contributed by atoms with Gasteiger partial charge in [0, 0.05) is 0 Å². The maximum atomic E-state index is 10.6. The SMILES string of the molecule is CCCCCCCC(CCCC)COS(=O)(=O)O. The minimum atomic E-state index is -4.28. The predicted octanol–water partition coefficient (Wildman–Crippen LogP) is 3.97. The van der Waals surface area contributed by atoms with Crippen molar-refractivity contribution < 1.29 is 17.2 Å². The largest absolute Gasteiger partial charge is 0.397 e. The van der Waals surface area contributed by atoms with Crippen LogP contribution in [-0.4, -0.2) is 19.6 Å². The first-order chi connectivity index (χ1) is 8.49. The maximum absolute atomic E-state index is 10.6. The predicted molar refractivity (Wildman–Crippen MR) is 73.9 cm³/mol. The Hall–Kier alpha value is -0.130. The molecule has 5 heteroatoms. The summed E-state index contributed by atoms with van der Waals surface area (Å²) in [6, 6.07) is 0. The Morgan fingerprint density at radius 2 is 1.50 bits per heavy atom. The Labute approximate surface area is 112 Å². The van der Waals surface area contributed by atoms with Crippen molar-refractivity contribution in [3.8, 4) is 0 Å². The fourth-order valence-corrected chi connectivity index (χ4v) is 2.39. The highest BCUT2D eigenvalue weighted by molar-refractivity contribution is 7.80. The number of unbranched alkanes of at least 4 members (excludes halogenated alkanes) is 5. The normalized spacial score (nSPS) is 13.7. The molecule has 18 heavy (non-hydrogen) atoms. The average Bonchev–Trinajstić information content (AvgIpc) is 2.30. The molecule has 0 aromatic carbocycles. The molecule has 0 aliphatic heterocycles. The van der Waals surface area contributed by atoms with Gasteiger partial charge < -0.3 is 0 Å². The van der Waals surface area contributed by atoms with Crippen LogP contribution < -0.4 is 0 Å². The molecule has 0 aliphatic carbocycles. The summed E-state index contributed by atoms with van der Waals surface area (Å²) in [5, 5.41) is 0. The van der Waals surface area contributed by atoms with Crippen LogP contribution in [0.3, 0.4) is 0 Å². The highest BCUT2D eigenvalue weighted by atomic mass is 32.3. The van der Waals surface area contributed by atoms with Crippen LogP contribution in [0.4, 0.5) is 0 Å². The van der Waals surface area contributed by atoms with E-state index in [-0.39, 0.29) is 12.5 Å². The molecule has 0 saturated heterocycles. The van der Waals surface area contributed by atoms with Crippen LogP contribution in [0, 0.1) is 5.92 Å². The van der Waals surface area contributed by atoms with Crippen molar-refractivity contribution in [1.29, 1.82) is 0 Å². The van der Waals surface area contributed by atoms with Crippen LogP contribution in [0.25, 0.3) is 0 Å².